The molecule has 1 amide bonds. The highest BCUT2D eigenvalue weighted by molar-refractivity contribution is 5.77. The van der Waals surface area contributed by atoms with Gasteiger partial charge in [-0.15, -0.1) is 0 Å². The molecule has 96 valence electrons. The van der Waals surface area contributed by atoms with Gasteiger partial charge in [-0.3, -0.25) is 4.79 Å². The number of amides is 1. The first-order valence-corrected chi connectivity index (χ1v) is 6.06. The monoisotopic (exact) mass is 236 g/mol. The van der Waals surface area contributed by atoms with E-state index in [1.54, 1.807) is 19.0 Å². The van der Waals surface area contributed by atoms with Gasteiger partial charge in [0.2, 0.25) is 5.91 Å². The Hall–Kier alpha value is -1.35. The molecule has 1 rings (SSSR count). The molecule has 0 saturated carbocycles. The Morgan fingerprint density at radius 3 is 2.47 bits per heavy atom. The van der Waals surface area contributed by atoms with Crippen molar-refractivity contribution in [2.24, 2.45) is 0 Å². The highest BCUT2D eigenvalue weighted by Crippen LogP contribution is 2.02. The number of benzene rings is 1. The first-order valence-electron chi connectivity index (χ1n) is 6.06. The summed E-state index contributed by atoms with van der Waals surface area (Å²) >= 11 is 0. The van der Waals surface area contributed by atoms with Gasteiger partial charge in [0.05, 0.1) is 6.54 Å². The number of nitrogens with one attached hydrogen (secondary N) is 1. The summed E-state index contributed by atoms with van der Waals surface area (Å²) in [6.45, 7) is 7.19. The second-order valence-corrected chi connectivity index (χ2v) is 3.88. The number of aryl methyl sites for hydroxylation is 1. The van der Waals surface area contributed by atoms with E-state index in [4.69, 9.17) is 0 Å². The maximum Gasteiger partial charge on any atom is 0.236 e. The minimum atomic E-state index is 0.0997. The van der Waals surface area contributed by atoms with Crippen molar-refractivity contribution in [3.8, 4) is 0 Å². The first-order chi connectivity index (χ1) is 8.09. The average molecular weight is 236 g/mol. The Kier molecular flexibility index (Phi) is 8.07. The van der Waals surface area contributed by atoms with Gasteiger partial charge in [-0.05, 0) is 12.5 Å². The largest absolute Gasteiger partial charge is 0.348 e. The Bertz CT molecular complexity index is 335. The highest BCUT2D eigenvalue weighted by atomic mass is 16.2. The SMILES string of the molecule is CC.Cc1cccc(CNCC(=O)N(C)C)c1. The average Bonchev–Trinajstić information content (AvgIpc) is 2.31. The molecule has 17 heavy (non-hydrogen) atoms. The molecule has 0 unspecified atom stereocenters. The fraction of sp³-hybridized carbons (Fsp3) is 0.500. The summed E-state index contributed by atoms with van der Waals surface area (Å²) in [5.41, 5.74) is 2.45. The minimum absolute atomic E-state index is 0.0997. The number of rotatable bonds is 4. The molecule has 1 aromatic rings. The quantitative estimate of drug-likeness (QED) is 0.869. The van der Waals surface area contributed by atoms with E-state index in [9.17, 15) is 4.79 Å². The van der Waals surface area contributed by atoms with E-state index in [1.807, 2.05) is 19.9 Å². The lowest BCUT2D eigenvalue weighted by Gasteiger charge is -2.11. The van der Waals surface area contributed by atoms with Crippen LogP contribution in [0.1, 0.15) is 25.0 Å². The van der Waals surface area contributed by atoms with Gasteiger partial charge in [-0.25, -0.2) is 0 Å². The van der Waals surface area contributed by atoms with E-state index in [2.05, 4.69) is 30.4 Å². The molecule has 0 aliphatic heterocycles. The van der Waals surface area contributed by atoms with E-state index in [1.165, 1.54) is 11.1 Å². The zero-order chi connectivity index (χ0) is 13.3. The molecular weight excluding hydrogens is 212 g/mol. The Morgan fingerprint density at radius 1 is 1.29 bits per heavy atom. The number of hydrogen-bond acceptors (Lipinski definition) is 2. The Labute approximate surface area is 105 Å². The van der Waals surface area contributed by atoms with Crippen molar-refractivity contribution < 1.29 is 4.79 Å². The third-order valence-corrected chi connectivity index (χ3v) is 2.19. The summed E-state index contributed by atoms with van der Waals surface area (Å²) in [5.74, 6) is 0.0997. The van der Waals surface area contributed by atoms with Gasteiger partial charge in [0, 0.05) is 20.6 Å². The minimum Gasteiger partial charge on any atom is -0.348 e. The molecule has 0 fully saturated rings. The molecule has 0 saturated heterocycles. The van der Waals surface area contributed by atoms with Gasteiger partial charge >= 0.3 is 0 Å². The molecule has 0 spiro atoms. The summed E-state index contributed by atoms with van der Waals surface area (Å²) in [7, 11) is 3.52. The van der Waals surface area contributed by atoms with Gasteiger partial charge in [-0.2, -0.15) is 0 Å². The van der Waals surface area contributed by atoms with Crippen molar-refractivity contribution in [3.05, 3.63) is 35.4 Å². The van der Waals surface area contributed by atoms with Gasteiger partial charge in [0.15, 0.2) is 0 Å². The fourth-order valence-corrected chi connectivity index (χ4v) is 1.29. The third-order valence-electron chi connectivity index (χ3n) is 2.19. The van der Waals surface area contributed by atoms with Gasteiger partial charge in [-0.1, -0.05) is 43.7 Å². The van der Waals surface area contributed by atoms with Gasteiger partial charge < -0.3 is 10.2 Å². The number of carbonyl (C=O) groups excluding carboxylic acids is 1. The lowest BCUT2D eigenvalue weighted by atomic mass is 10.1. The Morgan fingerprint density at radius 2 is 1.94 bits per heavy atom. The normalized spacial score (nSPS) is 9.24. The van der Waals surface area contributed by atoms with Crippen LogP contribution in [0.25, 0.3) is 0 Å². The van der Waals surface area contributed by atoms with E-state index in [0.717, 1.165) is 6.54 Å². The smallest absolute Gasteiger partial charge is 0.236 e. The zero-order valence-corrected chi connectivity index (χ0v) is 11.6. The molecule has 0 radical (unpaired) electrons. The molecule has 1 aromatic carbocycles. The molecule has 0 bridgehead atoms. The van der Waals surface area contributed by atoms with Gasteiger partial charge in [0.25, 0.3) is 0 Å². The van der Waals surface area contributed by atoms with Gasteiger partial charge in [0.1, 0.15) is 0 Å². The molecule has 0 aliphatic carbocycles. The second kappa shape index (κ2) is 8.76. The highest BCUT2D eigenvalue weighted by Gasteiger charge is 2.02. The van der Waals surface area contributed by atoms with Crippen LogP contribution in [0.3, 0.4) is 0 Å². The van der Waals surface area contributed by atoms with Crippen LogP contribution in [0.15, 0.2) is 24.3 Å². The van der Waals surface area contributed by atoms with Crippen molar-refractivity contribution in [1.29, 1.82) is 0 Å². The lowest BCUT2D eigenvalue weighted by molar-refractivity contribution is -0.127. The molecular formula is C14H24N2O. The van der Waals surface area contributed by atoms with Crippen LogP contribution in [-0.2, 0) is 11.3 Å². The van der Waals surface area contributed by atoms with Crippen LogP contribution >= 0.6 is 0 Å². The van der Waals surface area contributed by atoms with Crippen molar-refractivity contribution in [3.63, 3.8) is 0 Å². The Balaban J connectivity index is 0.00000121. The molecule has 0 aliphatic rings. The predicted molar refractivity (Wildman–Crippen MR) is 72.9 cm³/mol. The van der Waals surface area contributed by atoms with Crippen LogP contribution < -0.4 is 5.32 Å². The molecule has 1 N–H and O–H groups in total. The van der Waals surface area contributed by atoms with Crippen LogP contribution in [0.2, 0.25) is 0 Å². The number of nitrogens with zero attached hydrogens (tertiary/aromatic N) is 1. The molecule has 0 atom stereocenters. The van der Waals surface area contributed by atoms with Crippen LogP contribution in [0.4, 0.5) is 0 Å². The number of carbonyl (C=O) groups is 1. The maximum absolute atomic E-state index is 11.3. The fourth-order valence-electron chi connectivity index (χ4n) is 1.29. The van der Waals surface area contributed by atoms with Crippen molar-refractivity contribution >= 4 is 5.91 Å². The summed E-state index contributed by atoms with van der Waals surface area (Å²) in [5, 5.41) is 3.12. The standard InChI is InChI=1S/C12H18N2O.C2H6/c1-10-5-4-6-11(7-10)8-13-9-12(15)14(2)3;1-2/h4-7,13H,8-9H2,1-3H3;1-2H3. The molecule has 3 heteroatoms. The van der Waals surface area contributed by atoms with E-state index in [0.29, 0.717) is 6.54 Å². The summed E-state index contributed by atoms with van der Waals surface area (Å²) in [6.07, 6.45) is 0. The van der Waals surface area contributed by atoms with Crippen molar-refractivity contribution in [2.75, 3.05) is 20.6 Å². The van der Waals surface area contributed by atoms with E-state index >= 15 is 0 Å². The summed E-state index contributed by atoms with van der Waals surface area (Å²) in [6, 6.07) is 8.27. The van der Waals surface area contributed by atoms with E-state index in [-0.39, 0.29) is 5.91 Å². The van der Waals surface area contributed by atoms with Crippen LogP contribution in [-0.4, -0.2) is 31.4 Å². The maximum atomic E-state index is 11.3. The predicted octanol–water partition coefficient (Wildman–Crippen LogP) is 2.20. The molecule has 3 nitrogen and oxygen atoms in total. The lowest BCUT2D eigenvalue weighted by Crippen LogP contribution is -2.32. The first kappa shape index (κ1) is 15.7. The van der Waals surface area contributed by atoms with Crippen molar-refractivity contribution in [2.45, 2.75) is 27.3 Å². The summed E-state index contributed by atoms with van der Waals surface area (Å²) < 4.78 is 0. The molecule has 0 aromatic heterocycles. The second-order valence-electron chi connectivity index (χ2n) is 3.88. The zero-order valence-electron chi connectivity index (χ0n) is 11.6. The topological polar surface area (TPSA) is 32.3 Å². The number of hydrogen-bond donors (Lipinski definition) is 1. The number of likely N-dealkylation sites (N-methyl/N-ethyl adjacent to an activating group) is 1. The van der Waals surface area contributed by atoms with E-state index < -0.39 is 0 Å². The summed E-state index contributed by atoms with van der Waals surface area (Å²) in [4.78, 5) is 12.8. The van der Waals surface area contributed by atoms with Crippen LogP contribution in [0.5, 0.6) is 0 Å². The third kappa shape index (κ3) is 6.74. The van der Waals surface area contributed by atoms with Crippen LogP contribution in [0, 0.1) is 6.92 Å². The van der Waals surface area contributed by atoms with Crippen molar-refractivity contribution in [1.82, 2.24) is 10.2 Å². The molecule has 0 heterocycles.